The quantitative estimate of drug-likeness (QED) is 0.904. The highest BCUT2D eigenvalue weighted by atomic mass is 16.3. The van der Waals surface area contributed by atoms with Gasteiger partial charge in [0, 0.05) is 44.4 Å². The van der Waals surface area contributed by atoms with E-state index in [1.165, 1.54) is 0 Å². The summed E-state index contributed by atoms with van der Waals surface area (Å²) >= 11 is 0. The maximum atomic E-state index is 12.0. The van der Waals surface area contributed by atoms with Crippen LogP contribution in [0.4, 0.5) is 5.82 Å². The lowest BCUT2D eigenvalue weighted by Gasteiger charge is -2.47. The third-order valence-electron chi connectivity index (χ3n) is 5.70. The number of rotatable bonds is 4. The SMILES string of the molecule is Cc1nc(C(C)C)cc(N2CCC3(CCC(=O)N(CCO)C3)CC2)n1. The Balaban J connectivity index is 1.69. The highest BCUT2D eigenvalue weighted by molar-refractivity contribution is 5.77. The highest BCUT2D eigenvalue weighted by Crippen LogP contribution is 2.41. The minimum atomic E-state index is 0.0478. The van der Waals surface area contributed by atoms with E-state index < -0.39 is 0 Å². The first-order valence-electron chi connectivity index (χ1n) is 9.42. The van der Waals surface area contributed by atoms with E-state index in [-0.39, 0.29) is 17.9 Å². The van der Waals surface area contributed by atoms with Crippen LogP contribution in [0.25, 0.3) is 0 Å². The van der Waals surface area contributed by atoms with Gasteiger partial charge in [-0.2, -0.15) is 0 Å². The smallest absolute Gasteiger partial charge is 0.222 e. The summed E-state index contributed by atoms with van der Waals surface area (Å²) in [6.45, 7) is 9.52. The number of amides is 1. The molecule has 6 nitrogen and oxygen atoms in total. The van der Waals surface area contributed by atoms with Crippen LogP contribution >= 0.6 is 0 Å². The Kier molecular flexibility index (Phi) is 5.27. The van der Waals surface area contributed by atoms with Crippen LogP contribution in [-0.2, 0) is 4.79 Å². The molecule has 0 radical (unpaired) electrons. The van der Waals surface area contributed by atoms with Crippen LogP contribution in [0.5, 0.6) is 0 Å². The molecule has 1 N–H and O–H groups in total. The van der Waals surface area contributed by atoms with Crippen molar-refractivity contribution in [2.24, 2.45) is 5.41 Å². The van der Waals surface area contributed by atoms with Crippen molar-refractivity contribution in [1.29, 1.82) is 0 Å². The number of carbonyl (C=O) groups excluding carboxylic acids is 1. The second kappa shape index (κ2) is 7.28. The molecule has 3 rings (SSSR count). The maximum Gasteiger partial charge on any atom is 0.222 e. The van der Waals surface area contributed by atoms with E-state index in [0.717, 1.165) is 56.2 Å². The molecule has 2 saturated heterocycles. The molecule has 6 heteroatoms. The normalized spacial score (nSPS) is 20.6. The maximum absolute atomic E-state index is 12.0. The Morgan fingerprint density at radius 1 is 1.24 bits per heavy atom. The number of aryl methyl sites for hydroxylation is 1. The van der Waals surface area contributed by atoms with Gasteiger partial charge in [0.25, 0.3) is 0 Å². The summed E-state index contributed by atoms with van der Waals surface area (Å²) < 4.78 is 0. The molecule has 1 spiro atoms. The lowest BCUT2D eigenvalue weighted by atomic mass is 9.72. The molecule has 0 aromatic carbocycles. The molecule has 1 aromatic rings. The number of carbonyl (C=O) groups is 1. The minimum Gasteiger partial charge on any atom is -0.395 e. The number of aliphatic hydroxyl groups excluding tert-OH is 1. The molecule has 0 unspecified atom stereocenters. The van der Waals surface area contributed by atoms with Crippen LogP contribution in [0.1, 0.15) is 57.0 Å². The Morgan fingerprint density at radius 2 is 1.96 bits per heavy atom. The molecule has 0 atom stereocenters. The summed E-state index contributed by atoms with van der Waals surface area (Å²) in [4.78, 5) is 25.4. The monoisotopic (exact) mass is 346 g/mol. The van der Waals surface area contributed by atoms with Gasteiger partial charge < -0.3 is 14.9 Å². The number of nitrogens with zero attached hydrogens (tertiary/aromatic N) is 4. The van der Waals surface area contributed by atoms with Gasteiger partial charge >= 0.3 is 0 Å². The van der Waals surface area contributed by atoms with Crippen molar-refractivity contribution in [3.8, 4) is 0 Å². The highest BCUT2D eigenvalue weighted by Gasteiger charge is 2.41. The summed E-state index contributed by atoms with van der Waals surface area (Å²) in [6.07, 6.45) is 3.73. The zero-order chi connectivity index (χ0) is 18.0. The summed E-state index contributed by atoms with van der Waals surface area (Å²) in [7, 11) is 0. The molecule has 1 aromatic heterocycles. The van der Waals surface area contributed by atoms with Crippen molar-refractivity contribution in [3.05, 3.63) is 17.6 Å². The van der Waals surface area contributed by atoms with Gasteiger partial charge in [-0.25, -0.2) is 9.97 Å². The summed E-state index contributed by atoms with van der Waals surface area (Å²) in [5.74, 6) is 2.45. The van der Waals surface area contributed by atoms with E-state index >= 15 is 0 Å². The minimum absolute atomic E-state index is 0.0478. The third kappa shape index (κ3) is 3.94. The van der Waals surface area contributed by atoms with Crippen molar-refractivity contribution >= 4 is 11.7 Å². The lowest BCUT2D eigenvalue weighted by molar-refractivity contribution is -0.138. The van der Waals surface area contributed by atoms with Crippen LogP contribution in [0.3, 0.4) is 0 Å². The largest absolute Gasteiger partial charge is 0.395 e. The second-order valence-corrected chi connectivity index (χ2v) is 7.88. The number of aliphatic hydroxyl groups is 1. The van der Waals surface area contributed by atoms with Gasteiger partial charge in [0.05, 0.1) is 6.61 Å². The molecule has 1 amide bonds. The zero-order valence-electron chi connectivity index (χ0n) is 15.7. The number of piperidine rings is 2. The number of hydrogen-bond donors (Lipinski definition) is 1. The van der Waals surface area contributed by atoms with Gasteiger partial charge in [-0.05, 0) is 37.5 Å². The van der Waals surface area contributed by atoms with Gasteiger partial charge in [0.2, 0.25) is 5.91 Å². The number of aromatic nitrogens is 2. The van der Waals surface area contributed by atoms with Crippen molar-refractivity contribution < 1.29 is 9.90 Å². The summed E-state index contributed by atoms with van der Waals surface area (Å²) in [5.41, 5.74) is 1.31. The van der Waals surface area contributed by atoms with E-state index in [4.69, 9.17) is 0 Å². The van der Waals surface area contributed by atoms with Crippen molar-refractivity contribution in [3.63, 3.8) is 0 Å². The number of β-amino-alcohol motifs (C(OH)–C–C–N with tert-alkyl or cyclic N) is 1. The fourth-order valence-corrected chi connectivity index (χ4v) is 4.08. The zero-order valence-corrected chi connectivity index (χ0v) is 15.7. The average Bonchev–Trinajstić information content (AvgIpc) is 2.59. The molecule has 2 aliphatic rings. The second-order valence-electron chi connectivity index (χ2n) is 7.88. The predicted octanol–water partition coefficient (Wildman–Crippen LogP) is 2.11. The summed E-state index contributed by atoms with van der Waals surface area (Å²) in [6, 6.07) is 2.12. The Hall–Kier alpha value is -1.69. The van der Waals surface area contributed by atoms with E-state index in [9.17, 15) is 9.90 Å². The predicted molar refractivity (Wildman–Crippen MR) is 97.6 cm³/mol. The Labute approximate surface area is 150 Å². The van der Waals surface area contributed by atoms with Gasteiger partial charge in [-0.1, -0.05) is 13.8 Å². The fraction of sp³-hybridized carbons (Fsp3) is 0.737. The van der Waals surface area contributed by atoms with Crippen LogP contribution in [0.2, 0.25) is 0 Å². The molecular formula is C19H30N4O2. The van der Waals surface area contributed by atoms with Crippen molar-refractivity contribution in [2.45, 2.75) is 52.4 Å². The molecular weight excluding hydrogens is 316 g/mol. The first-order chi connectivity index (χ1) is 11.9. The first kappa shape index (κ1) is 18.1. The molecule has 3 heterocycles. The van der Waals surface area contributed by atoms with Crippen molar-refractivity contribution in [2.75, 3.05) is 37.7 Å². The number of likely N-dealkylation sites (tertiary alicyclic amines) is 1. The van der Waals surface area contributed by atoms with Gasteiger partial charge in [-0.3, -0.25) is 4.79 Å². The van der Waals surface area contributed by atoms with E-state index in [0.29, 0.717) is 18.9 Å². The first-order valence-corrected chi connectivity index (χ1v) is 9.42. The molecule has 2 fully saturated rings. The molecule has 0 aliphatic carbocycles. The molecule has 0 saturated carbocycles. The molecule has 2 aliphatic heterocycles. The van der Waals surface area contributed by atoms with Gasteiger partial charge in [0.15, 0.2) is 0 Å². The molecule has 0 bridgehead atoms. The molecule has 25 heavy (non-hydrogen) atoms. The standard InChI is InChI=1S/C19H30N4O2/c1-14(2)16-12-17(21-15(3)20-16)22-8-6-19(7-9-22)5-4-18(25)23(13-19)10-11-24/h12,14,24H,4-11,13H2,1-3H3. The topological polar surface area (TPSA) is 69.6 Å². The number of hydrogen-bond acceptors (Lipinski definition) is 5. The van der Waals surface area contributed by atoms with Crippen LogP contribution in [0, 0.1) is 12.3 Å². The van der Waals surface area contributed by atoms with Gasteiger partial charge in [-0.15, -0.1) is 0 Å². The van der Waals surface area contributed by atoms with E-state index in [1.807, 2.05) is 11.8 Å². The van der Waals surface area contributed by atoms with Crippen LogP contribution < -0.4 is 4.90 Å². The van der Waals surface area contributed by atoms with Gasteiger partial charge in [0.1, 0.15) is 11.6 Å². The van der Waals surface area contributed by atoms with E-state index in [2.05, 4.69) is 34.8 Å². The molecule has 138 valence electrons. The summed E-state index contributed by atoms with van der Waals surface area (Å²) in [5, 5.41) is 9.19. The average molecular weight is 346 g/mol. The fourth-order valence-electron chi connectivity index (χ4n) is 4.08. The van der Waals surface area contributed by atoms with Crippen LogP contribution in [0.15, 0.2) is 6.07 Å². The Morgan fingerprint density at radius 3 is 2.60 bits per heavy atom. The van der Waals surface area contributed by atoms with Crippen LogP contribution in [-0.4, -0.2) is 58.7 Å². The lowest BCUT2D eigenvalue weighted by Crippen LogP contribution is -2.52. The third-order valence-corrected chi connectivity index (χ3v) is 5.70. The Bertz CT molecular complexity index is 624. The van der Waals surface area contributed by atoms with E-state index in [1.54, 1.807) is 0 Å². The number of anilines is 1. The van der Waals surface area contributed by atoms with Crippen molar-refractivity contribution in [1.82, 2.24) is 14.9 Å².